The first-order valence-corrected chi connectivity index (χ1v) is 22.4. The summed E-state index contributed by atoms with van der Waals surface area (Å²) in [6.45, 7) is 20.6. The number of hydrogen-bond donors (Lipinski definition) is 2. The zero-order chi connectivity index (χ0) is 42.5. The molecule has 0 saturated heterocycles. The fourth-order valence-electron chi connectivity index (χ4n) is 14.0. The van der Waals surface area contributed by atoms with Gasteiger partial charge < -0.3 is 15.2 Å². The zero-order valence-corrected chi connectivity index (χ0v) is 37.8. The minimum absolute atomic E-state index is 0.00968. The molecule has 2 N–H and O–H groups in total. The number of nitrogens with zero attached hydrogens (tertiary/aromatic N) is 2. The molecule has 9 nitrogen and oxygen atoms in total. The van der Waals surface area contributed by atoms with Crippen molar-refractivity contribution in [3.05, 3.63) is 61.5 Å². The first-order chi connectivity index (χ1) is 27.0. The zero-order valence-electron chi connectivity index (χ0n) is 36.3. The number of nitrogens with one attached hydrogen (secondary N) is 1. The molecule has 4 fully saturated rings. The van der Waals surface area contributed by atoms with Gasteiger partial charge in [0.1, 0.15) is 11.1 Å². The molecule has 58 heavy (non-hydrogen) atoms. The average molecular weight is 839 g/mol. The fourth-order valence-corrected chi connectivity index (χ4v) is 14.5. The Morgan fingerprint density at radius 2 is 1.60 bits per heavy atom. The van der Waals surface area contributed by atoms with Crippen molar-refractivity contribution in [2.24, 2.45) is 50.7 Å². The quantitative estimate of drug-likeness (QED) is 0.229. The third-order valence-corrected chi connectivity index (χ3v) is 17.6. The van der Waals surface area contributed by atoms with E-state index in [4.69, 9.17) is 27.9 Å². The van der Waals surface area contributed by atoms with Crippen LogP contribution >= 0.6 is 23.2 Å². The molecule has 2 aromatic rings. The van der Waals surface area contributed by atoms with Crippen molar-refractivity contribution in [3.63, 3.8) is 0 Å². The van der Waals surface area contributed by atoms with Crippen LogP contribution in [0.25, 0.3) is 5.69 Å². The van der Waals surface area contributed by atoms with Crippen molar-refractivity contribution in [2.75, 3.05) is 13.6 Å². The van der Waals surface area contributed by atoms with E-state index < -0.39 is 22.8 Å². The van der Waals surface area contributed by atoms with Crippen LogP contribution in [0, 0.1) is 50.7 Å². The number of ether oxygens (including phenoxy) is 1. The Labute approximate surface area is 354 Å². The lowest BCUT2D eigenvalue weighted by molar-refractivity contribution is -0.232. The van der Waals surface area contributed by atoms with Gasteiger partial charge in [-0.2, -0.15) is 0 Å². The molecule has 5 aliphatic carbocycles. The highest BCUT2D eigenvalue weighted by Crippen LogP contribution is 2.77. The van der Waals surface area contributed by atoms with Gasteiger partial charge in [-0.15, -0.1) is 0 Å². The molecule has 7 rings (SSSR count). The summed E-state index contributed by atoms with van der Waals surface area (Å²) in [6, 6.07) is 7.28. The number of rotatable bonds is 10. The van der Waals surface area contributed by atoms with Gasteiger partial charge in [-0.1, -0.05) is 71.7 Å². The maximum Gasteiger partial charge on any atom is 0.309 e. The summed E-state index contributed by atoms with van der Waals surface area (Å²) in [7, 11) is 1.90. The van der Waals surface area contributed by atoms with Gasteiger partial charge in [0.15, 0.2) is 5.78 Å². The van der Waals surface area contributed by atoms with Crippen molar-refractivity contribution in [2.45, 2.75) is 145 Å². The van der Waals surface area contributed by atoms with Gasteiger partial charge in [-0.25, -0.2) is 4.68 Å². The van der Waals surface area contributed by atoms with Crippen molar-refractivity contribution in [1.29, 1.82) is 0 Å². The molecule has 0 spiro atoms. The van der Waals surface area contributed by atoms with Gasteiger partial charge in [0.25, 0.3) is 5.56 Å². The molecule has 5 aliphatic rings. The van der Waals surface area contributed by atoms with Crippen LogP contribution in [0.3, 0.4) is 0 Å². The maximum atomic E-state index is 14.6. The summed E-state index contributed by atoms with van der Waals surface area (Å²) in [5, 5.41) is 13.7. The SMILES string of the molecule is CNCCn1c([C@@]23CC[C@]4(C)[C@H](CC[C@@H]5[C@@]6(C)CC[C@H](OC(=O)CC(C)(C)C(=O)O)C(C)(C)[C@@H]6CC[C@]54C)C2=C(C(C)C)C(=O)C3)c(Cl)c(=O)n1-c1ccc(Cl)cc1. The number of Topliss-reactive ketones (excluding diaryl/α,β-unsaturated/α-hetero) is 1. The Kier molecular flexibility index (Phi) is 10.9. The number of benzene rings is 1. The highest BCUT2D eigenvalue weighted by molar-refractivity contribution is 6.31. The molecule has 1 heterocycles. The van der Waals surface area contributed by atoms with Crippen LogP contribution in [0.1, 0.15) is 132 Å². The first kappa shape index (κ1) is 43.2. The normalized spacial score (nSPS) is 34.3. The van der Waals surface area contributed by atoms with E-state index in [0.29, 0.717) is 42.1 Å². The van der Waals surface area contributed by atoms with Crippen LogP contribution in [-0.2, 0) is 31.1 Å². The Hall–Kier alpha value is -2.88. The Bertz CT molecular complexity index is 2100. The maximum absolute atomic E-state index is 14.6. The van der Waals surface area contributed by atoms with E-state index in [2.05, 4.69) is 58.5 Å². The number of ketones is 1. The number of esters is 1. The highest BCUT2D eigenvalue weighted by atomic mass is 35.5. The van der Waals surface area contributed by atoms with E-state index in [-0.39, 0.29) is 62.4 Å². The van der Waals surface area contributed by atoms with Gasteiger partial charge in [0, 0.05) is 28.8 Å². The van der Waals surface area contributed by atoms with Crippen molar-refractivity contribution in [1.82, 2.24) is 14.7 Å². The lowest BCUT2D eigenvalue weighted by Crippen LogP contribution is -2.66. The van der Waals surface area contributed by atoms with E-state index in [1.54, 1.807) is 30.7 Å². The summed E-state index contributed by atoms with van der Waals surface area (Å²) >= 11 is 13.6. The average Bonchev–Trinajstić information content (AvgIpc) is 3.58. The number of allylic oxidation sites excluding steroid dienone is 2. The van der Waals surface area contributed by atoms with E-state index in [9.17, 15) is 24.3 Å². The molecule has 1 aromatic heterocycles. The summed E-state index contributed by atoms with van der Waals surface area (Å²) in [5.74, 6) is -0.326. The lowest BCUT2D eigenvalue weighted by Gasteiger charge is -2.72. The number of carbonyl (C=O) groups is 3. The second kappa shape index (κ2) is 14.6. The van der Waals surface area contributed by atoms with Crippen LogP contribution in [0.5, 0.6) is 0 Å². The topological polar surface area (TPSA) is 120 Å². The molecule has 0 radical (unpaired) electrons. The number of likely N-dealkylation sites (N-methyl/N-ethyl adjacent to an activating group) is 1. The number of carbonyl (C=O) groups excluding carboxylic acids is 2. The summed E-state index contributed by atoms with van der Waals surface area (Å²) in [6.07, 6.45) is 7.26. The third-order valence-electron chi connectivity index (χ3n) is 17.0. The predicted molar refractivity (Wildman–Crippen MR) is 229 cm³/mol. The van der Waals surface area contributed by atoms with Crippen molar-refractivity contribution in [3.8, 4) is 5.69 Å². The lowest BCUT2D eigenvalue weighted by atomic mass is 9.33. The monoisotopic (exact) mass is 837 g/mol. The molecule has 11 heteroatoms. The molecule has 0 amide bonds. The number of aromatic nitrogens is 2. The molecule has 8 atom stereocenters. The Morgan fingerprint density at radius 3 is 2.22 bits per heavy atom. The first-order valence-electron chi connectivity index (χ1n) is 21.6. The van der Waals surface area contributed by atoms with Crippen LogP contribution in [0.4, 0.5) is 0 Å². The molecule has 0 bridgehead atoms. The summed E-state index contributed by atoms with van der Waals surface area (Å²) in [4.78, 5) is 54.0. The van der Waals surface area contributed by atoms with Crippen molar-refractivity contribution < 1.29 is 24.2 Å². The predicted octanol–water partition coefficient (Wildman–Crippen LogP) is 9.81. The number of fused-ring (bicyclic) bond motifs is 7. The van der Waals surface area contributed by atoms with Gasteiger partial charge in [-0.3, -0.25) is 23.9 Å². The minimum atomic E-state index is -1.19. The number of carboxylic acids is 1. The second-order valence-corrected chi connectivity index (χ2v) is 21.8. The number of carboxylic acid groups (broad SMARTS) is 1. The number of aliphatic carboxylic acids is 1. The van der Waals surface area contributed by atoms with Crippen LogP contribution in [-0.4, -0.2) is 51.9 Å². The van der Waals surface area contributed by atoms with Crippen LogP contribution < -0.4 is 10.9 Å². The van der Waals surface area contributed by atoms with E-state index >= 15 is 0 Å². The fraction of sp³-hybridized carbons (Fsp3) is 0.702. The standard InChI is InChI=1S/C47H65Cl2N3O6/c1-27(2)36-31(53)25-47(39-38(49)40(55)52(51(39)24-23-50-10)29-13-11-28(48)12-14-29)22-21-45(8)30(37(36)47)15-16-33-44(7)19-18-34(58-35(54)26-42(3,4)41(56)57)43(5,6)32(44)17-20-46(33,45)9/h11-14,27,30,32-34,50H,15-26H2,1-10H3,(H,56,57)/t30-,32+,33-,34+,44+,45-,46-,47-/m1/s1. The van der Waals surface area contributed by atoms with Gasteiger partial charge in [0.05, 0.1) is 29.8 Å². The second-order valence-electron chi connectivity index (χ2n) is 21.0. The van der Waals surface area contributed by atoms with Gasteiger partial charge >= 0.3 is 11.9 Å². The smallest absolute Gasteiger partial charge is 0.309 e. The molecule has 4 saturated carbocycles. The largest absolute Gasteiger partial charge is 0.481 e. The van der Waals surface area contributed by atoms with Gasteiger partial charge in [-0.05, 0) is 148 Å². The molecular formula is C47H65Cl2N3O6. The van der Waals surface area contributed by atoms with Crippen LogP contribution in [0.15, 0.2) is 40.2 Å². The Morgan fingerprint density at radius 1 is 0.931 bits per heavy atom. The minimum Gasteiger partial charge on any atom is -0.481 e. The van der Waals surface area contributed by atoms with E-state index in [1.807, 2.05) is 19.2 Å². The van der Waals surface area contributed by atoms with Crippen LogP contribution in [0.2, 0.25) is 10.0 Å². The molecule has 318 valence electrons. The molecular weight excluding hydrogens is 773 g/mol. The van der Waals surface area contributed by atoms with Crippen molar-refractivity contribution >= 4 is 40.9 Å². The third kappa shape index (κ3) is 6.24. The molecule has 0 aliphatic heterocycles. The summed E-state index contributed by atoms with van der Waals surface area (Å²) < 4.78 is 9.94. The Balaban J connectivity index is 1.28. The highest BCUT2D eigenvalue weighted by Gasteiger charge is 2.71. The molecule has 1 aromatic carbocycles. The molecule has 0 unspecified atom stereocenters. The van der Waals surface area contributed by atoms with E-state index in [1.165, 1.54) is 5.57 Å². The number of hydrogen-bond acceptors (Lipinski definition) is 6. The summed E-state index contributed by atoms with van der Waals surface area (Å²) in [5.41, 5.74) is 1.08. The van der Waals surface area contributed by atoms with E-state index in [0.717, 1.165) is 62.6 Å². The number of halogens is 2. The van der Waals surface area contributed by atoms with Gasteiger partial charge in [0.2, 0.25) is 0 Å².